The van der Waals surface area contributed by atoms with Gasteiger partial charge >= 0.3 is 0 Å². The van der Waals surface area contributed by atoms with Gasteiger partial charge in [-0.25, -0.2) is 0 Å². The third-order valence-electron chi connectivity index (χ3n) is 1.88. The average molecular weight is 233 g/mol. The number of nitrogens with one attached hydrogen (secondary N) is 1. The van der Waals surface area contributed by atoms with Crippen molar-refractivity contribution in [3.63, 3.8) is 0 Å². The Morgan fingerprint density at radius 3 is 2.38 bits per heavy atom. The number of hydrogen-bond acceptors (Lipinski definition) is 4. The van der Waals surface area contributed by atoms with Crippen LogP contribution in [-0.2, 0) is 6.54 Å². The fraction of sp³-hybridized carbons (Fsp3) is 0.0909. The first-order chi connectivity index (χ1) is 7.67. The maximum Gasteiger partial charge on any atom is 0.148 e. The van der Waals surface area contributed by atoms with E-state index in [-0.39, 0.29) is 11.4 Å². The van der Waals surface area contributed by atoms with E-state index in [2.05, 4.69) is 5.32 Å². The second kappa shape index (κ2) is 5.65. The summed E-state index contributed by atoms with van der Waals surface area (Å²) in [5.74, 6) is 0. The summed E-state index contributed by atoms with van der Waals surface area (Å²) in [4.78, 5) is 0. The number of nitrogens with two attached hydrogens (primary N) is 1. The van der Waals surface area contributed by atoms with Crippen molar-refractivity contribution in [3.05, 3.63) is 46.2 Å². The molecule has 4 nitrogen and oxygen atoms in total. The maximum atomic E-state index is 8.73. The van der Waals surface area contributed by atoms with Gasteiger partial charge in [0.05, 0.1) is 0 Å². The van der Waals surface area contributed by atoms with Crippen molar-refractivity contribution in [2.75, 3.05) is 0 Å². The van der Waals surface area contributed by atoms with Crippen LogP contribution in [0.25, 0.3) is 0 Å². The van der Waals surface area contributed by atoms with Crippen molar-refractivity contribution in [2.24, 2.45) is 5.73 Å². The van der Waals surface area contributed by atoms with Crippen LogP contribution in [0.4, 0.5) is 0 Å². The Bertz CT molecular complexity index is 476. The highest BCUT2D eigenvalue weighted by atomic mass is 35.5. The first kappa shape index (κ1) is 11.9. The topological polar surface area (TPSA) is 85.6 Å². The molecule has 1 aromatic carbocycles. The molecule has 0 spiro atoms. The van der Waals surface area contributed by atoms with Crippen LogP contribution in [-0.4, -0.2) is 0 Å². The van der Waals surface area contributed by atoms with Crippen molar-refractivity contribution >= 4 is 11.6 Å². The molecule has 80 valence electrons. The van der Waals surface area contributed by atoms with Crippen LogP contribution in [0.1, 0.15) is 5.56 Å². The van der Waals surface area contributed by atoms with Crippen LogP contribution in [0.5, 0.6) is 0 Å². The molecular formula is C11H9ClN4. The molecule has 0 aliphatic heterocycles. The molecule has 0 amide bonds. The normalized spacial score (nSPS) is 10.9. The van der Waals surface area contributed by atoms with Gasteiger partial charge in [-0.1, -0.05) is 23.7 Å². The van der Waals surface area contributed by atoms with E-state index in [0.29, 0.717) is 11.6 Å². The van der Waals surface area contributed by atoms with Gasteiger partial charge in [-0.3, -0.25) is 0 Å². The van der Waals surface area contributed by atoms with E-state index >= 15 is 0 Å². The Labute approximate surface area is 98.5 Å². The molecule has 0 radical (unpaired) electrons. The molecule has 0 saturated heterocycles. The molecule has 0 fully saturated rings. The van der Waals surface area contributed by atoms with Gasteiger partial charge in [-0.15, -0.1) is 0 Å². The summed E-state index contributed by atoms with van der Waals surface area (Å²) < 4.78 is 0. The highest BCUT2D eigenvalue weighted by molar-refractivity contribution is 6.30. The monoisotopic (exact) mass is 232 g/mol. The Morgan fingerprint density at radius 2 is 1.88 bits per heavy atom. The summed E-state index contributed by atoms with van der Waals surface area (Å²) in [6.45, 7) is 0.419. The number of halogens is 1. The summed E-state index contributed by atoms with van der Waals surface area (Å²) in [7, 11) is 0. The Hall–Kier alpha value is -2.17. The summed E-state index contributed by atoms with van der Waals surface area (Å²) in [5, 5.41) is 20.7. The predicted molar refractivity (Wildman–Crippen MR) is 60.7 cm³/mol. The first-order valence-electron chi connectivity index (χ1n) is 4.45. The number of nitrogens with zero attached hydrogens (tertiary/aromatic N) is 2. The lowest BCUT2D eigenvalue weighted by Crippen LogP contribution is -2.16. The average Bonchev–Trinajstić information content (AvgIpc) is 2.31. The molecule has 0 aromatic heterocycles. The summed E-state index contributed by atoms with van der Waals surface area (Å²) in [5.41, 5.74) is 6.24. The molecule has 16 heavy (non-hydrogen) atoms. The van der Waals surface area contributed by atoms with Gasteiger partial charge in [0.2, 0.25) is 0 Å². The van der Waals surface area contributed by atoms with Crippen LogP contribution in [0.2, 0.25) is 5.02 Å². The smallest absolute Gasteiger partial charge is 0.148 e. The first-order valence-corrected chi connectivity index (χ1v) is 4.83. The van der Waals surface area contributed by atoms with Crippen molar-refractivity contribution in [1.82, 2.24) is 5.32 Å². The molecule has 5 heteroatoms. The van der Waals surface area contributed by atoms with E-state index in [4.69, 9.17) is 27.9 Å². The van der Waals surface area contributed by atoms with Crippen molar-refractivity contribution in [2.45, 2.75) is 6.54 Å². The quantitative estimate of drug-likeness (QED) is 0.776. The SMILES string of the molecule is N#CC(N)=C(C#N)NCc1ccc(Cl)cc1. The molecule has 0 aliphatic rings. The molecule has 0 bridgehead atoms. The summed E-state index contributed by atoms with van der Waals surface area (Å²) >= 11 is 5.73. The molecular weight excluding hydrogens is 224 g/mol. The van der Waals surface area contributed by atoms with Crippen LogP contribution < -0.4 is 11.1 Å². The number of rotatable bonds is 3. The lowest BCUT2D eigenvalue weighted by molar-refractivity contribution is 0.827. The standard InChI is InChI=1S/C11H9ClN4/c12-9-3-1-8(2-4-9)7-16-11(6-14)10(15)5-13/h1-4,16H,7,15H2. The molecule has 1 rings (SSSR count). The predicted octanol–water partition coefficient (Wildman–Crippen LogP) is 1.65. The lowest BCUT2D eigenvalue weighted by Gasteiger charge is -2.05. The number of nitriles is 2. The van der Waals surface area contributed by atoms with E-state index in [0.717, 1.165) is 5.56 Å². The summed E-state index contributed by atoms with van der Waals surface area (Å²) in [6, 6.07) is 10.7. The second-order valence-electron chi connectivity index (χ2n) is 2.99. The third-order valence-corrected chi connectivity index (χ3v) is 2.14. The fourth-order valence-electron chi connectivity index (χ4n) is 1.04. The van der Waals surface area contributed by atoms with E-state index in [9.17, 15) is 0 Å². The van der Waals surface area contributed by atoms with Gasteiger partial charge in [0.15, 0.2) is 0 Å². The fourth-order valence-corrected chi connectivity index (χ4v) is 1.17. The van der Waals surface area contributed by atoms with Crippen LogP contribution in [0.15, 0.2) is 35.7 Å². The van der Waals surface area contributed by atoms with E-state index < -0.39 is 0 Å². The van der Waals surface area contributed by atoms with Gasteiger partial charge in [0, 0.05) is 11.6 Å². The second-order valence-corrected chi connectivity index (χ2v) is 3.43. The van der Waals surface area contributed by atoms with E-state index in [1.807, 2.05) is 18.2 Å². The minimum Gasteiger partial charge on any atom is -0.388 e. The van der Waals surface area contributed by atoms with Gasteiger partial charge in [-0.2, -0.15) is 10.5 Å². The number of benzene rings is 1. The lowest BCUT2D eigenvalue weighted by atomic mass is 10.2. The van der Waals surface area contributed by atoms with Crippen molar-refractivity contribution in [3.8, 4) is 12.1 Å². The van der Waals surface area contributed by atoms with E-state index in [1.54, 1.807) is 18.2 Å². The van der Waals surface area contributed by atoms with Gasteiger partial charge in [0.1, 0.15) is 23.5 Å². The minimum absolute atomic E-state index is 0.0810. The van der Waals surface area contributed by atoms with E-state index in [1.165, 1.54) is 0 Å². The van der Waals surface area contributed by atoms with Crippen LogP contribution in [0, 0.1) is 22.7 Å². The zero-order valence-corrected chi connectivity index (χ0v) is 9.12. The zero-order chi connectivity index (χ0) is 12.0. The molecule has 0 unspecified atom stereocenters. The third kappa shape index (κ3) is 3.20. The maximum absolute atomic E-state index is 8.73. The largest absolute Gasteiger partial charge is 0.388 e. The van der Waals surface area contributed by atoms with Crippen LogP contribution in [0.3, 0.4) is 0 Å². The number of hydrogen-bond donors (Lipinski definition) is 2. The molecule has 0 heterocycles. The highest BCUT2D eigenvalue weighted by Crippen LogP contribution is 2.09. The summed E-state index contributed by atoms with van der Waals surface area (Å²) in [6.07, 6.45) is 0. The highest BCUT2D eigenvalue weighted by Gasteiger charge is 2.01. The van der Waals surface area contributed by atoms with Crippen LogP contribution >= 0.6 is 11.6 Å². The molecule has 1 aromatic rings. The molecule has 0 aliphatic carbocycles. The van der Waals surface area contributed by atoms with Gasteiger partial charge in [-0.05, 0) is 17.7 Å². The molecule has 3 N–H and O–H groups in total. The van der Waals surface area contributed by atoms with Crippen molar-refractivity contribution in [1.29, 1.82) is 10.5 Å². The van der Waals surface area contributed by atoms with Crippen molar-refractivity contribution < 1.29 is 0 Å². The Kier molecular flexibility index (Phi) is 4.20. The minimum atomic E-state index is -0.114. The molecule has 0 saturated carbocycles. The zero-order valence-electron chi connectivity index (χ0n) is 8.37. The Morgan fingerprint density at radius 1 is 1.25 bits per heavy atom. The van der Waals surface area contributed by atoms with Gasteiger partial charge < -0.3 is 11.1 Å². The Balaban J connectivity index is 2.69. The van der Waals surface area contributed by atoms with Gasteiger partial charge in [0.25, 0.3) is 0 Å². The number of allylic oxidation sites excluding steroid dienone is 2. The molecule has 0 atom stereocenters.